The van der Waals surface area contributed by atoms with E-state index in [-0.39, 0.29) is 0 Å². The third-order valence-corrected chi connectivity index (χ3v) is 6.50. The number of nitrogens with one attached hydrogen (secondary N) is 3. The van der Waals surface area contributed by atoms with E-state index < -0.39 is 0 Å². The number of hydrogen-bond acceptors (Lipinski definition) is 10. The Morgan fingerprint density at radius 2 is 1.85 bits per heavy atom. The Kier molecular flexibility index (Phi) is 6.23. The summed E-state index contributed by atoms with van der Waals surface area (Å²) in [5, 5.41) is 22.8. The molecule has 1 saturated heterocycles. The summed E-state index contributed by atoms with van der Waals surface area (Å²) in [5.41, 5.74) is 2.37. The normalized spacial score (nSPS) is 21.8. The summed E-state index contributed by atoms with van der Waals surface area (Å²) in [6.07, 6.45) is 8.22. The van der Waals surface area contributed by atoms with E-state index in [4.69, 9.17) is 9.40 Å². The smallest absolute Gasteiger partial charge is 0.253 e. The average molecular weight is 453 g/mol. The first kappa shape index (κ1) is 21.8. The molecule has 2 fully saturated rings. The molecule has 0 spiro atoms. The second kappa shape index (κ2) is 9.44. The van der Waals surface area contributed by atoms with E-state index in [0.717, 1.165) is 61.8 Å². The zero-order valence-corrected chi connectivity index (χ0v) is 19.5. The van der Waals surface area contributed by atoms with Gasteiger partial charge in [-0.1, -0.05) is 0 Å². The van der Waals surface area contributed by atoms with Crippen LogP contribution in [0.5, 0.6) is 0 Å². The van der Waals surface area contributed by atoms with Crippen molar-refractivity contribution in [2.24, 2.45) is 7.05 Å². The second-order valence-corrected chi connectivity index (χ2v) is 8.95. The Labute approximate surface area is 193 Å². The van der Waals surface area contributed by atoms with Crippen LogP contribution in [0.1, 0.15) is 37.3 Å². The molecule has 0 bridgehead atoms. The van der Waals surface area contributed by atoms with E-state index in [0.29, 0.717) is 29.8 Å². The first-order chi connectivity index (χ1) is 16.0. The number of hydrogen-bond donors (Lipinski definition) is 3. The maximum Gasteiger partial charge on any atom is 0.253 e. The lowest BCUT2D eigenvalue weighted by Gasteiger charge is -2.39. The molecule has 1 saturated carbocycles. The minimum atomic E-state index is 0.340. The van der Waals surface area contributed by atoms with Crippen LogP contribution in [0.25, 0.3) is 11.5 Å². The molecule has 11 nitrogen and oxygen atoms in total. The fraction of sp³-hybridized carbons (Fsp3) is 0.591. The molecule has 0 radical (unpaired) electrons. The highest BCUT2D eigenvalue weighted by Gasteiger charge is 2.28. The van der Waals surface area contributed by atoms with Gasteiger partial charge in [-0.2, -0.15) is 10.1 Å². The van der Waals surface area contributed by atoms with E-state index in [2.05, 4.69) is 41.1 Å². The van der Waals surface area contributed by atoms with Crippen molar-refractivity contribution >= 4 is 17.5 Å². The van der Waals surface area contributed by atoms with Crippen LogP contribution in [0.2, 0.25) is 0 Å². The molecule has 33 heavy (non-hydrogen) atoms. The van der Waals surface area contributed by atoms with Gasteiger partial charge < -0.3 is 20.4 Å². The van der Waals surface area contributed by atoms with Crippen LogP contribution >= 0.6 is 0 Å². The van der Waals surface area contributed by atoms with Crippen molar-refractivity contribution < 1.29 is 4.42 Å². The van der Waals surface area contributed by atoms with E-state index in [1.165, 1.54) is 12.8 Å². The van der Waals surface area contributed by atoms with Crippen LogP contribution in [-0.4, -0.2) is 73.1 Å². The lowest BCUT2D eigenvalue weighted by atomic mass is 9.89. The van der Waals surface area contributed by atoms with Crippen LogP contribution in [0.4, 0.5) is 17.5 Å². The van der Waals surface area contributed by atoms with Crippen LogP contribution in [0.3, 0.4) is 0 Å². The zero-order chi connectivity index (χ0) is 22.8. The third-order valence-electron chi connectivity index (χ3n) is 6.50. The molecule has 5 rings (SSSR count). The van der Waals surface area contributed by atoms with Gasteiger partial charge in [0.15, 0.2) is 0 Å². The molecule has 3 N–H and O–H groups in total. The molecule has 176 valence electrons. The molecular formula is C22H32N10O. The van der Waals surface area contributed by atoms with E-state index in [1.54, 1.807) is 17.8 Å². The van der Waals surface area contributed by atoms with Crippen LogP contribution in [0, 0.1) is 13.8 Å². The Balaban J connectivity index is 1.36. The van der Waals surface area contributed by atoms with Crippen molar-refractivity contribution in [3.8, 4) is 11.5 Å². The lowest BCUT2D eigenvalue weighted by Crippen LogP contribution is -2.50. The fourth-order valence-corrected chi connectivity index (χ4v) is 4.83. The molecule has 3 aromatic rings. The van der Waals surface area contributed by atoms with Crippen molar-refractivity contribution in [1.82, 2.24) is 40.2 Å². The predicted molar refractivity (Wildman–Crippen MR) is 125 cm³/mol. The molecule has 0 atom stereocenters. The van der Waals surface area contributed by atoms with Gasteiger partial charge in [0.2, 0.25) is 11.8 Å². The molecule has 0 amide bonds. The van der Waals surface area contributed by atoms with Gasteiger partial charge in [-0.05, 0) is 32.6 Å². The van der Waals surface area contributed by atoms with Gasteiger partial charge in [-0.15, -0.1) is 10.2 Å². The Bertz CT molecular complexity index is 1080. The SMILES string of the molecule is Cc1nnc(-c2c(C)nc(Nc3cnn(C)c3)nc2NC2CCC(N3CCNCC3)CC2)o1. The van der Waals surface area contributed by atoms with Crippen molar-refractivity contribution in [3.63, 3.8) is 0 Å². The van der Waals surface area contributed by atoms with Gasteiger partial charge in [0.1, 0.15) is 11.4 Å². The molecule has 3 aromatic heterocycles. The molecule has 0 unspecified atom stereocenters. The maximum atomic E-state index is 5.75. The Hall–Kier alpha value is -3.05. The molecule has 2 aliphatic rings. The number of piperazine rings is 1. The summed E-state index contributed by atoms with van der Waals surface area (Å²) in [5.74, 6) is 2.19. The largest absolute Gasteiger partial charge is 0.421 e. The van der Waals surface area contributed by atoms with Gasteiger partial charge in [0.25, 0.3) is 5.89 Å². The first-order valence-electron chi connectivity index (χ1n) is 11.7. The molecule has 1 aliphatic carbocycles. The second-order valence-electron chi connectivity index (χ2n) is 8.95. The van der Waals surface area contributed by atoms with Crippen LogP contribution < -0.4 is 16.0 Å². The molecular weight excluding hydrogens is 420 g/mol. The summed E-state index contributed by atoms with van der Waals surface area (Å²) < 4.78 is 7.49. The van der Waals surface area contributed by atoms with E-state index >= 15 is 0 Å². The first-order valence-corrected chi connectivity index (χ1v) is 11.7. The molecule has 4 heterocycles. The number of aryl methyl sites for hydroxylation is 3. The molecule has 11 heteroatoms. The standard InChI is InChI=1S/C22H32N10O/c1-14-19(21-30-29-15(2)33-21)20(28-22(25-14)27-17-12-24-31(3)13-17)26-16-4-6-18(7-5-16)32-10-8-23-9-11-32/h12-13,16,18,23H,4-11H2,1-3H3,(H2,25,26,27,28). The average Bonchev–Trinajstić information content (AvgIpc) is 3.42. The number of nitrogens with zero attached hydrogens (tertiary/aromatic N) is 7. The highest BCUT2D eigenvalue weighted by Crippen LogP contribution is 2.33. The fourth-order valence-electron chi connectivity index (χ4n) is 4.83. The Morgan fingerprint density at radius 3 is 2.52 bits per heavy atom. The minimum absolute atomic E-state index is 0.340. The number of aromatic nitrogens is 6. The van der Waals surface area contributed by atoms with E-state index in [9.17, 15) is 0 Å². The van der Waals surface area contributed by atoms with Crippen molar-refractivity contribution in [1.29, 1.82) is 0 Å². The van der Waals surface area contributed by atoms with Crippen LogP contribution in [0.15, 0.2) is 16.8 Å². The Morgan fingerprint density at radius 1 is 1.06 bits per heavy atom. The lowest BCUT2D eigenvalue weighted by molar-refractivity contribution is 0.135. The van der Waals surface area contributed by atoms with Gasteiger partial charge in [0, 0.05) is 58.4 Å². The maximum absolute atomic E-state index is 5.75. The molecule has 1 aliphatic heterocycles. The highest BCUT2D eigenvalue weighted by molar-refractivity contribution is 5.73. The predicted octanol–water partition coefficient (Wildman–Crippen LogP) is 2.25. The van der Waals surface area contributed by atoms with Crippen molar-refractivity contribution in [2.75, 3.05) is 36.8 Å². The summed E-state index contributed by atoms with van der Waals surface area (Å²) >= 11 is 0. The summed E-state index contributed by atoms with van der Waals surface area (Å²) in [6, 6.07) is 1.02. The summed E-state index contributed by atoms with van der Waals surface area (Å²) in [6.45, 7) is 8.22. The van der Waals surface area contributed by atoms with Crippen molar-refractivity contribution in [3.05, 3.63) is 24.0 Å². The third kappa shape index (κ3) is 4.98. The van der Waals surface area contributed by atoms with Gasteiger partial charge in [0.05, 0.1) is 17.6 Å². The van der Waals surface area contributed by atoms with Gasteiger partial charge in [-0.25, -0.2) is 4.98 Å². The van der Waals surface area contributed by atoms with E-state index in [1.807, 2.05) is 20.2 Å². The quantitative estimate of drug-likeness (QED) is 0.513. The van der Waals surface area contributed by atoms with Gasteiger partial charge >= 0.3 is 0 Å². The summed E-state index contributed by atoms with van der Waals surface area (Å²) in [4.78, 5) is 12.1. The monoisotopic (exact) mass is 452 g/mol. The van der Waals surface area contributed by atoms with Gasteiger partial charge in [-0.3, -0.25) is 9.58 Å². The topological polar surface area (TPSA) is 122 Å². The summed E-state index contributed by atoms with van der Waals surface area (Å²) in [7, 11) is 1.88. The number of anilines is 3. The number of rotatable bonds is 6. The highest BCUT2D eigenvalue weighted by atomic mass is 16.4. The molecule has 0 aromatic carbocycles. The minimum Gasteiger partial charge on any atom is -0.421 e. The van der Waals surface area contributed by atoms with Crippen LogP contribution in [-0.2, 0) is 7.05 Å². The van der Waals surface area contributed by atoms with Crippen molar-refractivity contribution in [2.45, 2.75) is 51.6 Å². The zero-order valence-electron chi connectivity index (χ0n) is 19.5.